The Morgan fingerprint density at radius 1 is 1.16 bits per heavy atom. The van der Waals surface area contributed by atoms with Crippen molar-refractivity contribution in [3.05, 3.63) is 60.2 Å². The lowest BCUT2D eigenvalue weighted by Crippen LogP contribution is -2.53. The molecule has 0 radical (unpaired) electrons. The van der Waals surface area contributed by atoms with Crippen molar-refractivity contribution in [2.24, 2.45) is 0 Å². The van der Waals surface area contributed by atoms with Crippen LogP contribution in [-0.4, -0.2) is 48.3 Å². The van der Waals surface area contributed by atoms with Crippen molar-refractivity contribution in [2.75, 3.05) is 26.8 Å². The summed E-state index contributed by atoms with van der Waals surface area (Å²) in [7, 11) is 1.55. The maximum atomic E-state index is 12.8. The van der Waals surface area contributed by atoms with Gasteiger partial charge in [-0.25, -0.2) is 0 Å². The highest BCUT2D eigenvalue weighted by atomic mass is 16.5. The van der Waals surface area contributed by atoms with Gasteiger partial charge in [0.2, 0.25) is 0 Å². The molecule has 1 unspecified atom stereocenters. The number of carbonyl (C=O) groups is 1. The molecule has 1 N–H and O–H groups in total. The fourth-order valence-corrected chi connectivity index (χ4v) is 3.13. The van der Waals surface area contributed by atoms with Crippen LogP contribution in [0.5, 0.6) is 11.5 Å². The molecule has 1 aliphatic heterocycles. The van der Waals surface area contributed by atoms with Gasteiger partial charge < -0.3 is 19.5 Å². The molecule has 0 bridgehead atoms. The van der Waals surface area contributed by atoms with Crippen LogP contribution in [0.2, 0.25) is 0 Å². The molecule has 2 aromatic carbocycles. The van der Waals surface area contributed by atoms with Gasteiger partial charge in [-0.05, 0) is 37.1 Å². The summed E-state index contributed by atoms with van der Waals surface area (Å²) in [6.07, 6.45) is 1.34. The number of β-amino-alcohol motifs (C(OH)–C–C–N with tert-alkyl or cyclic N) is 1. The lowest BCUT2D eigenvalue weighted by Gasteiger charge is -2.39. The van der Waals surface area contributed by atoms with Gasteiger partial charge in [0.1, 0.15) is 23.7 Å². The molecule has 2 aromatic rings. The first-order valence-corrected chi connectivity index (χ1v) is 8.44. The Morgan fingerprint density at radius 2 is 1.88 bits per heavy atom. The number of methoxy groups -OCH3 is 1. The van der Waals surface area contributed by atoms with Crippen LogP contribution >= 0.6 is 0 Å². The molecule has 1 amide bonds. The van der Waals surface area contributed by atoms with Crippen molar-refractivity contribution >= 4 is 5.91 Å². The summed E-state index contributed by atoms with van der Waals surface area (Å²) in [5, 5.41) is 10.9. The van der Waals surface area contributed by atoms with Crippen molar-refractivity contribution in [1.29, 1.82) is 0 Å². The minimum Gasteiger partial charge on any atom is -0.496 e. The Bertz CT molecular complexity index is 719. The molecule has 1 atom stereocenters. The quantitative estimate of drug-likeness (QED) is 0.908. The van der Waals surface area contributed by atoms with Crippen LogP contribution in [0, 0.1) is 0 Å². The van der Waals surface area contributed by atoms with E-state index in [1.807, 2.05) is 42.5 Å². The molecule has 132 valence electrons. The molecule has 0 spiro atoms. The van der Waals surface area contributed by atoms with E-state index in [0.717, 1.165) is 6.42 Å². The molecular formula is C20H23NO4. The highest BCUT2D eigenvalue weighted by Crippen LogP contribution is 2.26. The van der Waals surface area contributed by atoms with Crippen LogP contribution in [0.25, 0.3) is 0 Å². The molecular weight excluding hydrogens is 318 g/mol. The number of hydrogen-bond donors (Lipinski definition) is 1. The fourth-order valence-electron chi connectivity index (χ4n) is 3.13. The molecule has 1 heterocycles. The number of aliphatic hydroxyl groups is 1. The van der Waals surface area contributed by atoms with Gasteiger partial charge in [-0.1, -0.05) is 30.3 Å². The number of nitrogens with zero attached hydrogens (tertiary/aromatic N) is 1. The van der Waals surface area contributed by atoms with Gasteiger partial charge in [0, 0.05) is 6.54 Å². The fraction of sp³-hybridized carbons (Fsp3) is 0.350. The monoisotopic (exact) mass is 341 g/mol. The third kappa shape index (κ3) is 4.12. The van der Waals surface area contributed by atoms with Crippen molar-refractivity contribution in [3.63, 3.8) is 0 Å². The van der Waals surface area contributed by atoms with Crippen molar-refractivity contribution in [3.8, 4) is 11.5 Å². The lowest BCUT2D eigenvalue weighted by atomic mass is 9.93. The van der Waals surface area contributed by atoms with E-state index in [2.05, 4.69) is 0 Å². The maximum absolute atomic E-state index is 12.8. The first-order chi connectivity index (χ1) is 12.1. The highest BCUT2D eigenvalue weighted by molar-refractivity contribution is 5.97. The second-order valence-corrected chi connectivity index (χ2v) is 6.36. The lowest BCUT2D eigenvalue weighted by molar-refractivity contribution is -0.0532. The van der Waals surface area contributed by atoms with E-state index in [1.54, 1.807) is 24.1 Å². The summed E-state index contributed by atoms with van der Waals surface area (Å²) in [5.41, 5.74) is -0.538. The number of amides is 1. The van der Waals surface area contributed by atoms with Crippen LogP contribution in [0.4, 0.5) is 0 Å². The summed E-state index contributed by atoms with van der Waals surface area (Å²) >= 11 is 0. The normalized spacial score (nSPS) is 20.2. The van der Waals surface area contributed by atoms with Gasteiger partial charge in [-0.3, -0.25) is 4.79 Å². The van der Waals surface area contributed by atoms with Crippen molar-refractivity contribution in [1.82, 2.24) is 4.90 Å². The number of para-hydroxylation sites is 2. The largest absolute Gasteiger partial charge is 0.496 e. The molecule has 5 nitrogen and oxygen atoms in total. The van der Waals surface area contributed by atoms with Gasteiger partial charge >= 0.3 is 0 Å². The van der Waals surface area contributed by atoms with E-state index >= 15 is 0 Å². The average Bonchev–Trinajstić information content (AvgIpc) is 2.67. The van der Waals surface area contributed by atoms with Gasteiger partial charge in [0.25, 0.3) is 5.91 Å². The molecule has 5 heteroatoms. The predicted molar refractivity (Wildman–Crippen MR) is 95.0 cm³/mol. The van der Waals surface area contributed by atoms with Crippen LogP contribution in [0.15, 0.2) is 54.6 Å². The van der Waals surface area contributed by atoms with Gasteiger partial charge in [-0.15, -0.1) is 0 Å². The Labute approximate surface area is 147 Å². The van der Waals surface area contributed by atoms with Gasteiger partial charge in [-0.2, -0.15) is 0 Å². The molecule has 1 fully saturated rings. The predicted octanol–water partition coefficient (Wildman–Crippen LogP) is 2.74. The molecule has 25 heavy (non-hydrogen) atoms. The minimum absolute atomic E-state index is 0.129. The zero-order valence-corrected chi connectivity index (χ0v) is 14.4. The number of piperidine rings is 1. The zero-order valence-electron chi connectivity index (χ0n) is 14.4. The molecule has 0 aromatic heterocycles. The third-order valence-corrected chi connectivity index (χ3v) is 4.43. The van der Waals surface area contributed by atoms with Crippen molar-refractivity contribution in [2.45, 2.75) is 18.4 Å². The minimum atomic E-state index is -1.05. The summed E-state index contributed by atoms with van der Waals surface area (Å²) in [6, 6.07) is 16.5. The first-order valence-electron chi connectivity index (χ1n) is 8.44. The second-order valence-electron chi connectivity index (χ2n) is 6.36. The van der Waals surface area contributed by atoms with Gasteiger partial charge in [0.15, 0.2) is 0 Å². The molecule has 1 saturated heterocycles. The average molecular weight is 341 g/mol. The number of benzene rings is 2. The Hall–Kier alpha value is -2.53. The summed E-state index contributed by atoms with van der Waals surface area (Å²) < 4.78 is 11.0. The third-order valence-electron chi connectivity index (χ3n) is 4.43. The van der Waals surface area contributed by atoms with Crippen molar-refractivity contribution < 1.29 is 19.4 Å². The summed E-state index contributed by atoms with van der Waals surface area (Å²) in [6.45, 7) is 1.02. The summed E-state index contributed by atoms with van der Waals surface area (Å²) in [5.74, 6) is 1.13. The molecule has 1 aliphatic rings. The Balaban J connectivity index is 1.68. The Kier molecular flexibility index (Phi) is 5.24. The summed E-state index contributed by atoms with van der Waals surface area (Å²) in [4.78, 5) is 14.5. The number of ether oxygens (including phenoxy) is 2. The van der Waals surface area contributed by atoms with E-state index in [-0.39, 0.29) is 19.1 Å². The highest BCUT2D eigenvalue weighted by Gasteiger charge is 2.36. The Morgan fingerprint density at radius 3 is 2.64 bits per heavy atom. The zero-order chi connectivity index (χ0) is 17.7. The molecule has 3 rings (SSSR count). The molecule has 0 saturated carbocycles. The van der Waals surface area contributed by atoms with E-state index in [4.69, 9.17) is 9.47 Å². The standard InChI is InChI=1S/C20H23NO4/c1-24-18-11-6-5-10-17(18)19(22)21-13-7-12-20(23,14-21)15-25-16-8-3-2-4-9-16/h2-6,8-11,23H,7,12-15H2,1H3. The topological polar surface area (TPSA) is 59.0 Å². The number of likely N-dealkylation sites (tertiary alicyclic amines) is 1. The first kappa shape index (κ1) is 17.3. The van der Waals surface area contributed by atoms with Crippen LogP contribution in [-0.2, 0) is 0 Å². The number of hydrogen-bond acceptors (Lipinski definition) is 4. The number of rotatable bonds is 5. The van der Waals surface area contributed by atoms with Crippen LogP contribution in [0.1, 0.15) is 23.2 Å². The van der Waals surface area contributed by atoms with Crippen LogP contribution in [0.3, 0.4) is 0 Å². The van der Waals surface area contributed by atoms with Crippen LogP contribution < -0.4 is 9.47 Å². The maximum Gasteiger partial charge on any atom is 0.257 e. The smallest absolute Gasteiger partial charge is 0.257 e. The van der Waals surface area contributed by atoms with E-state index in [0.29, 0.717) is 30.0 Å². The SMILES string of the molecule is COc1ccccc1C(=O)N1CCCC(O)(COc2ccccc2)C1. The van der Waals surface area contributed by atoms with E-state index < -0.39 is 5.60 Å². The molecule has 0 aliphatic carbocycles. The number of carbonyl (C=O) groups excluding carboxylic acids is 1. The second kappa shape index (κ2) is 7.57. The van der Waals surface area contributed by atoms with E-state index in [1.165, 1.54) is 0 Å². The van der Waals surface area contributed by atoms with E-state index in [9.17, 15) is 9.90 Å². The van der Waals surface area contributed by atoms with Gasteiger partial charge in [0.05, 0.1) is 19.2 Å².